The van der Waals surface area contributed by atoms with E-state index in [1.165, 1.54) is 0 Å². The van der Waals surface area contributed by atoms with Crippen molar-refractivity contribution in [1.29, 1.82) is 0 Å². The molecule has 1 aliphatic heterocycles. The highest BCUT2D eigenvalue weighted by Crippen LogP contribution is 2.16. The molecule has 17 heavy (non-hydrogen) atoms. The Kier molecular flexibility index (Phi) is 3.97. The van der Waals surface area contributed by atoms with Gasteiger partial charge in [-0.3, -0.25) is 4.79 Å². The Bertz CT molecular complexity index is 405. The van der Waals surface area contributed by atoms with Crippen LogP contribution in [0.3, 0.4) is 0 Å². The van der Waals surface area contributed by atoms with Gasteiger partial charge >= 0.3 is 0 Å². The standard InChI is InChI=1S/C12H15ClN2O2/c1-15(8-9-4-3-7-17-9)12(16)10-5-2-6-14-11(10)13/h2,5-6,9H,3-4,7-8H2,1H3. The van der Waals surface area contributed by atoms with Crippen molar-refractivity contribution >= 4 is 17.5 Å². The van der Waals surface area contributed by atoms with E-state index in [0.717, 1.165) is 19.4 Å². The number of halogens is 1. The zero-order chi connectivity index (χ0) is 12.3. The highest BCUT2D eigenvalue weighted by Gasteiger charge is 2.22. The predicted molar refractivity (Wildman–Crippen MR) is 65.2 cm³/mol. The fourth-order valence-corrected chi connectivity index (χ4v) is 2.13. The van der Waals surface area contributed by atoms with Gasteiger partial charge in [0.2, 0.25) is 0 Å². The molecular formula is C12H15ClN2O2. The van der Waals surface area contributed by atoms with Gasteiger partial charge in [-0.25, -0.2) is 4.98 Å². The Balaban J connectivity index is 2.01. The number of hydrogen-bond acceptors (Lipinski definition) is 3. The molecule has 0 spiro atoms. The van der Waals surface area contributed by atoms with Gasteiger partial charge in [0.1, 0.15) is 5.15 Å². The molecule has 5 heteroatoms. The normalized spacial score (nSPS) is 19.3. The number of nitrogens with zero attached hydrogens (tertiary/aromatic N) is 2. The molecule has 0 bridgehead atoms. The lowest BCUT2D eigenvalue weighted by atomic mass is 10.2. The first-order valence-corrected chi connectivity index (χ1v) is 6.04. The Morgan fingerprint density at radius 1 is 1.71 bits per heavy atom. The van der Waals surface area contributed by atoms with E-state index in [2.05, 4.69) is 4.98 Å². The van der Waals surface area contributed by atoms with Crippen LogP contribution in [0.5, 0.6) is 0 Å². The van der Waals surface area contributed by atoms with Crippen LogP contribution >= 0.6 is 11.6 Å². The summed E-state index contributed by atoms with van der Waals surface area (Å²) >= 11 is 5.89. The second-order valence-electron chi connectivity index (χ2n) is 4.16. The number of carbonyl (C=O) groups is 1. The van der Waals surface area contributed by atoms with Gasteiger partial charge in [-0.1, -0.05) is 11.6 Å². The van der Waals surface area contributed by atoms with Gasteiger partial charge in [0, 0.05) is 26.4 Å². The second-order valence-corrected chi connectivity index (χ2v) is 4.52. The number of amides is 1. The molecule has 0 aliphatic carbocycles. The lowest BCUT2D eigenvalue weighted by Gasteiger charge is -2.21. The summed E-state index contributed by atoms with van der Waals surface area (Å²) < 4.78 is 5.50. The molecule has 1 atom stereocenters. The molecule has 4 nitrogen and oxygen atoms in total. The molecular weight excluding hydrogens is 240 g/mol. The van der Waals surface area contributed by atoms with Crippen molar-refractivity contribution in [3.05, 3.63) is 29.0 Å². The van der Waals surface area contributed by atoms with Crippen molar-refractivity contribution in [2.75, 3.05) is 20.2 Å². The average Bonchev–Trinajstić information content (AvgIpc) is 2.81. The molecule has 0 radical (unpaired) electrons. The number of hydrogen-bond donors (Lipinski definition) is 0. The van der Waals surface area contributed by atoms with Crippen LogP contribution < -0.4 is 0 Å². The molecule has 0 saturated carbocycles. The summed E-state index contributed by atoms with van der Waals surface area (Å²) in [4.78, 5) is 17.6. The summed E-state index contributed by atoms with van der Waals surface area (Å²) in [6, 6.07) is 3.39. The molecule has 1 amide bonds. The summed E-state index contributed by atoms with van der Waals surface area (Å²) in [6.07, 6.45) is 3.80. The van der Waals surface area contributed by atoms with E-state index >= 15 is 0 Å². The van der Waals surface area contributed by atoms with Gasteiger partial charge in [-0.15, -0.1) is 0 Å². The highest BCUT2D eigenvalue weighted by molar-refractivity contribution is 6.32. The molecule has 2 heterocycles. The summed E-state index contributed by atoms with van der Waals surface area (Å²) in [5, 5.41) is 0.247. The first kappa shape index (κ1) is 12.3. The minimum absolute atomic E-state index is 0.112. The quantitative estimate of drug-likeness (QED) is 0.775. The summed E-state index contributed by atoms with van der Waals surface area (Å²) in [5.41, 5.74) is 0.440. The monoisotopic (exact) mass is 254 g/mol. The molecule has 1 aromatic rings. The number of carbonyl (C=O) groups excluding carboxylic acids is 1. The maximum absolute atomic E-state index is 12.1. The third-order valence-corrected chi connectivity index (χ3v) is 3.14. The average molecular weight is 255 g/mol. The van der Waals surface area contributed by atoms with Crippen LogP contribution in [0.2, 0.25) is 5.15 Å². The Hall–Kier alpha value is -1.13. The molecule has 1 aromatic heterocycles. The summed E-state index contributed by atoms with van der Waals surface area (Å²) in [7, 11) is 1.76. The molecule has 0 N–H and O–H groups in total. The maximum Gasteiger partial charge on any atom is 0.256 e. The Morgan fingerprint density at radius 3 is 3.18 bits per heavy atom. The third kappa shape index (κ3) is 2.96. The third-order valence-electron chi connectivity index (χ3n) is 2.84. The van der Waals surface area contributed by atoms with Crippen molar-refractivity contribution < 1.29 is 9.53 Å². The number of aromatic nitrogens is 1. The maximum atomic E-state index is 12.1. The molecule has 1 fully saturated rings. The number of pyridine rings is 1. The van der Waals surface area contributed by atoms with E-state index in [4.69, 9.17) is 16.3 Å². The van der Waals surface area contributed by atoms with Crippen LogP contribution in [0.15, 0.2) is 18.3 Å². The van der Waals surface area contributed by atoms with Gasteiger partial charge in [0.05, 0.1) is 11.7 Å². The lowest BCUT2D eigenvalue weighted by molar-refractivity contribution is 0.0587. The molecule has 1 aliphatic rings. The van der Waals surface area contributed by atoms with E-state index in [1.54, 1.807) is 30.3 Å². The SMILES string of the molecule is CN(CC1CCCO1)C(=O)c1cccnc1Cl. The van der Waals surface area contributed by atoms with Crippen LogP contribution in [0, 0.1) is 0 Å². The van der Waals surface area contributed by atoms with Gasteiger partial charge in [0.15, 0.2) is 0 Å². The van der Waals surface area contributed by atoms with Crippen LogP contribution in [0.4, 0.5) is 0 Å². The minimum Gasteiger partial charge on any atom is -0.376 e. The first-order chi connectivity index (χ1) is 8.18. The van der Waals surface area contributed by atoms with Gasteiger partial charge < -0.3 is 9.64 Å². The van der Waals surface area contributed by atoms with Crippen LogP contribution in [-0.4, -0.2) is 42.1 Å². The largest absolute Gasteiger partial charge is 0.376 e. The second kappa shape index (κ2) is 5.47. The topological polar surface area (TPSA) is 42.4 Å². The number of likely N-dealkylation sites (N-methyl/N-ethyl adjacent to an activating group) is 1. The van der Waals surface area contributed by atoms with E-state index < -0.39 is 0 Å². The van der Waals surface area contributed by atoms with E-state index in [9.17, 15) is 4.79 Å². The molecule has 0 aromatic carbocycles. The van der Waals surface area contributed by atoms with Gasteiger partial charge in [0.25, 0.3) is 5.91 Å². The fourth-order valence-electron chi connectivity index (χ4n) is 1.93. The van der Waals surface area contributed by atoms with Crippen molar-refractivity contribution in [3.8, 4) is 0 Å². The summed E-state index contributed by atoms with van der Waals surface area (Å²) in [5.74, 6) is -0.112. The van der Waals surface area contributed by atoms with E-state index in [-0.39, 0.29) is 17.2 Å². The van der Waals surface area contributed by atoms with Crippen molar-refractivity contribution in [3.63, 3.8) is 0 Å². The van der Waals surface area contributed by atoms with Crippen molar-refractivity contribution in [1.82, 2.24) is 9.88 Å². The molecule has 1 saturated heterocycles. The smallest absolute Gasteiger partial charge is 0.256 e. The minimum atomic E-state index is -0.112. The Labute approximate surface area is 106 Å². The summed E-state index contributed by atoms with van der Waals surface area (Å²) in [6.45, 7) is 1.39. The highest BCUT2D eigenvalue weighted by atomic mass is 35.5. The van der Waals surface area contributed by atoms with Crippen LogP contribution in [0.1, 0.15) is 23.2 Å². The Morgan fingerprint density at radius 2 is 2.53 bits per heavy atom. The predicted octanol–water partition coefficient (Wildman–Crippen LogP) is 1.99. The zero-order valence-corrected chi connectivity index (χ0v) is 10.5. The molecule has 2 rings (SSSR count). The van der Waals surface area contributed by atoms with Gasteiger partial charge in [-0.2, -0.15) is 0 Å². The van der Waals surface area contributed by atoms with Gasteiger partial charge in [-0.05, 0) is 25.0 Å². The van der Waals surface area contributed by atoms with E-state index in [0.29, 0.717) is 12.1 Å². The lowest BCUT2D eigenvalue weighted by Crippen LogP contribution is -2.34. The first-order valence-electron chi connectivity index (χ1n) is 5.66. The van der Waals surface area contributed by atoms with Crippen LogP contribution in [0.25, 0.3) is 0 Å². The number of ether oxygens (including phenoxy) is 1. The van der Waals surface area contributed by atoms with E-state index in [1.807, 2.05) is 0 Å². The number of rotatable bonds is 3. The van der Waals surface area contributed by atoms with Crippen molar-refractivity contribution in [2.24, 2.45) is 0 Å². The van der Waals surface area contributed by atoms with Crippen LogP contribution in [-0.2, 0) is 4.74 Å². The molecule has 92 valence electrons. The van der Waals surface area contributed by atoms with Crippen molar-refractivity contribution in [2.45, 2.75) is 18.9 Å². The zero-order valence-electron chi connectivity index (χ0n) is 9.73. The fraction of sp³-hybridized carbons (Fsp3) is 0.500. The molecule has 1 unspecified atom stereocenters.